The van der Waals surface area contributed by atoms with Crippen LogP contribution in [-0.2, 0) is 23.0 Å². The smallest absolute Gasteiger partial charge is 0.566 e. The Morgan fingerprint density at radius 2 is 1.43 bits per heavy atom. The molecule has 0 radical (unpaired) electrons. The van der Waals surface area contributed by atoms with E-state index in [1.54, 1.807) is 0 Å². The summed E-state index contributed by atoms with van der Waals surface area (Å²) in [4.78, 5) is 31.1. The fourth-order valence-corrected chi connectivity index (χ4v) is 1.35. The average Bonchev–Trinajstić information content (AvgIpc) is 2.30. The van der Waals surface area contributed by atoms with E-state index >= 15 is 0 Å². The van der Waals surface area contributed by atoms with Gasteiger partial charge in [0, 0.05) is 0 Å². The molecule has 0 aliphatic carbocycles. The summed E-state index contributed by atoms with van der Waals surface area (Å²) in [6.45, 7) is -1.87. The second-order valence-corrected chi connectivity index (χ2v) is 4.40. The van der Waals surface area contributed by atoms with Gasteiger partial charge in [0.15, 0.2) is 12.4 Å². The first kappa shape index (κ1) is 31.4. The van der Waals surface area contributed by atoms with Crippen LogP contribution < -0.4 is 98.5 Å². The SMILES string of the molecule is O=C(CO[P+](=O)[O-])[C@@H](O)[C@H](O)[C@H](O)CO[P+](=O)[O-].[Na+].[Na+].[Na+]. The van der Waals surface area contributed by atoms with Gasteiger partial charge < -0.3 is 25.1 Å². The Hall–Kier alpha value is 2.59. The number of aliphatic hydroxyl groups excluding tert-OH is 3. The maximum atomic E-state index is 11.1. The largest absolute Gasteiger partial charge is 1.00 e. The predicted molar refractivity (Wildman–Crippen MR) is 50.1 cm³/mol. The van der Waals surface area contributed by atoms with Crippen LogP contribution in [0.2, 0.25) is 0 Å². The third kappa shape index (κ3) is 15.8. The Morgan fingerprint density at radius 1 is 1.00 bits per heavy atom. The van der Waals surface area contributed by atoms with E-state index in [1.165, 1.54) is 0 Å². The van der Waals surface area contributed by atoms with Crippen molar-refractivity contribution < 1.29 is 137 Å². The van der Waals surface area contributed by atoms with Gasteiger partial charge in [-0.25, -0.2) is 0 Å². The van der Waals surface area contributed by atoms with Gasteiger partial charge in [-0.2, -0.15) is 0 Å². The normalized spacial score (nSPS) is 15.3. The van der Waals surface area contributed by atoms with E-state index in [0.29, 0.717) is 0 Å². The molecule has 0 aromatic heterocycles. The van der Waals surface area contributed by atoms with Crippen LogP contribution in [0, 0.1) is 0 Å². The Bertz CT molecular complexity index is 332. The van der Waals surface area contributed by atoms with Gasteiger partial charge >= 0.3 is 105 Å². The van der Waals surface area contributed by atoms with E-state index in [4.69, 9.17) is 5.11 Å². The summed E-state index contributed by atoms with van der Waals surface area (Å²) in [6.07, 6.45) is -6.03. The van der Waals surface area contributed by atoms with Crippen LogP contribution in [0.1, 0.15) is 0 Å². The molecule has 3 N–H and O–H groups in total. The summed E-state index contributed by atoms with van der Waals surface area (Å²) < 4.78 is 27.8. The molecule has 104 valence electrons. The van der Waals surface area contributed by atoms with Crippen molar-refractivity contribution in [3.8, 4) is 0 Å². The quantitative estimate of drug-likeness (QED) is 0.260. The van der Waals surface area contributed by atoms with Gasteiger partial charge in [-0.3, -0.25) is 4.79 Å². The zero-order valence-electron chi connectivity index (χ0n) is 11.7. The Morgan fingerprint density at radius 3 is 1.81 bits per heavy atom. The van der Waals surface area contributed by atoms with Crippen molar-refractivity contribution >= 4 is 22.3 Å². The first-order chi connectivity index (χ1) is 8.25. The van der Waals surface area contributed by atoms with Crippen molar-refractivity contribution in [2.24, 2.45) is 0 Å². The molecule has 15 heteroatoms. The Kier molecular flexibility index (Phi) is 26.0. The predicted octanol–water partition coefficient (Wildman–Crippen LogP) is -12.3. The number of Topliss-reactive ketones (excluding diaryl/α,β-unsaturated/α-hetero) is 1. The Balaban J connectivity index is -0.000000482. The van der Waals surface area contributed by atoms with Gasteiger partial charge in [0.2, 0.25) is 0 Å². The maximum absolute atomic E-state index is 11.1. The summed E-state index contributed by atoms with van der Waals surface area (Å²) in [5.41, 5.74) is 0. The van der Waals surface area contributed by atoms with E-state index in [9.17, 15) is 33.9 Å². The van der Waals surface area contributed by atoms with Gasteiger partial charge in [-0.05, 0) is 9.13 Å². The van der Waals surface area contributed by atoms with Crippen LogP contribution in [0.3, 0.4) is 0 Å². The molecule has 0 amide bonds. The van der Waals surface area contributed by atoms with Crippen LogP contribution in [-0.4, -0.2) is 52.6 Å². The summed E-state index contributed by atoms with van der Waals surface area (Å²) >= 11 is 0. The molecule has 0 aliphatic rings. The van der Waals surface area contributed by atoms with Crippen molar-refractivity contribution in [3.05, 3.63) is 0 Å². The number of carbonyl (C=O) groups is 1. The summed E-state index contributed by atoms with van der Waals surface area (Å²) in [5.74, 6) is -1.20. The summed E-state index contributed by atoms with van der Waals surface area (Å²) in [6, 6.07) is 0. The topological polar surface area (TPSA) is 176 Å². The standard InChI is InChI=1S/C6H10O10P2.3Na/c7-3(1-15-17(11)12)5(9)6(10)4(8)2-16-18(13)14;;;/h3,5-7,9-10H,1-2H2;;;/q;3*+1/t3-,5-,6-;;;/m1.../s1. The molecule has 0 bridgehead atoms. The van der Waals surface area contributed by atoms with Crippen molar-refractivity contribution in [2.45, 2.75) is 18.3 Å². The molecule has 2 unspecified atom stereocenters. The maximum Gasteiger partial charge on any atom is 1.00 e. The minimum atomic E-state index is -3.29. The van der Waals surface area contributed by atoms with E-state index in [-0.39, 0.29) is 88.7 Å². The zero-order valence-corrected chi connectivity index (χ0v) is 19.5. The molecule has 0 aromatic rings. The van der Waals surface area contributed by atoms with Crippen LogP contribution in [0.15, 0.2) is 0 Å². The van der Waals surface area contributed by atoms with Crippen molar-refractivity contribution in [1.82, 2.24) is 0 Å². The van der Waals surface area contributed by atoms with E-state index in [0.717, 1.165) is 0 Å². The van der Waals surface area contributed by atoms with Crippen molar-refractivity contribution in [3.63, 3.8) is 0 Å². The van der Waals surface area contributed by atoms with Crippen molar-refractivity contribution in [2.75, 3.05) is 13.2 Å². The molecule has 10 nitrogen and oxygen atoms in total. The monoisotopic (exact) mass is 373 g/mol. The molecule has 0 rings (SSSR count). The Labute approximate surface area is 188 Å². The summed E-state index contributed by atoms with van der Waals surface area (Å²) in [5, 5.41) is 27.6. The fraction of sp³-hybridized carbons (Fsp3) is 0.833. The molecule has 0 aliphatic heterocycles. The van der Waals surface area contributed by atoms with Gasteiger partial charge in [0.1, 0.15) is 24.9 Å². The second kappa shape index (κ2) is 17.4. The van der Waals surface area contributed by atoms with Crippen molar-refractivity contribution in [1.29, 1.82) is 0 Å². The fourth-order valence-electron chi connectivity index (χ4n) is 0.838. The number of hydrogen-bond donors (Lipinski definition) is 3. The molecule has 0 saturated heterocycles. The minimum Gasteiger partial charge on any atom is -0.566 e. The first-order valence-corrected chi connectivity index (χ1v) is 6.56. The molecule has 0 aromatic carbocycles. The number of hydrogen-bond acceptors (Lipinski definition) is 10. The third-order valence-corrected chi connectivity index (χ3v) is 2.41. The number of ketones is 1. The number of carbonyl (C=O) groups excluding carboxylic acids is 1. The molecular weight excluding hydrogens is 363 g/mol. The van der Waals surface area contributed by atoms with Gasteiger partial charge in [0.25, 0.3) is 0 Å². The molecule has 0 saturated carbocycles. The molecule has 21 heavy (non-hydrogen) atoms. The van der Waals surface area contributed by atoms with Gasteiger partial charge in [0.05, 0.1) is 0 Å². The average molecular weight is 373 g/mol. The van der Waals surface area contributed by atoms with Gasteiger partial charge in [-0.15, -0.1) is 9.05 Å². The molecule has 0 heterocycles. The number of aliphatic hydroxyl groups is 3. The molecule has 0 fully saturated rings. The molecule has 5 atom stereocenters. The third-order valence-electron chi connectivity index (χ3n) is 1.71. The zero-order chi connectivity index (χ0) is 14.3. The van der Waals surface area contributed by atoms with E-state index in [1.807, 2.05) is 0 Å². The second-order valence-electron chi connectivity index (χ2n) is 2.99. The van der Waals surface area contributed by atoms with E-state index < -0.39 is 53.8 Å². The first-order valence-electron chi connectivity index (χ1n) is 4.37. The van der Waals surface area contributed by atoms with Crippen LogP contribution in [0.5, 0.6) is 0 Å². The van der Waals surface area contributed by atoms with Crippen LogP contribution in [0.4, 0.5) is 0 Å². The van der Waals surface area contributed by atoms with Crippen LogP contribution in [0.25, 0.3) is 0 Å². The molecular formula is C6H10Na3O10P2+3. The van der Waals surface area contributed by atoms with Crippen LogP contribution >= 0.6 is 16.5 Å². The summed E-state index contributed by atoms with van der Waals surface area (Å²) in [7, 11) is -6.54. The van der Waals surface area contributed by atoms with E-state index in [2.05, 4.69) is 9.05 Å². The number of rotatable bonds is 9. The molecule has 0 spiro atoms. The minimum absolute atomic E-state index is 0. The van der Waals surface area contributed by atoms with Gasteiger partial charge in [-0.1, -0.05) is 0 Å².